The van der Waals surface area contributed by atoms with Gasteiger partial charge in [-0.3, -0.25) is 4.79 Å². The van der Waals surface area contributed by atoms with Crippen LogP contribution in [0.15, 0.2) is 0 Å². The maximum absolute atomic E-state index is 11.9. The highest BCUT2D eigenvalue weighted by molar-refractivity contribution is 7.16. The second-order valence-corrected chi connectivity index (χ2v) is 5.89. The van der Waals surface area contributed by atoms with Gasteiger partial charge in [-0.25, -0.2) is 0 Å². The van der Waals surface area contributed by atoms with Crippen molar-refractivity contribution in [1.82, 2.24) is 0 Å². The molecule has 0 unspecified atom stereocenters. The average Bonchev–Trinajstić information content (AvgIpc) is 2.76. The van der Waals surface area contributed by atoms with Crippen LogP contribution in [0.2, 0.25) is 0 Å². The van der Waals surface area contributed by atoms with Gasteiger partial charge >= 0.3 is 0 Å². The Kier molecular flexibility index (Phi) is 2.25. The summed E-state index contributed by atoms with van der Waals surface area (Å²) < 4.78 is 0. The molecule has 1 heterocycles. The SMILES string of the molecule is N#Cc1c(NC(=O)C2(N)CC2)sc2c1CCC2. The molecule has 1 aromatic rings. The first-order valence-electron chi connectivity index (χ1n) is 5.79. The van der Waals surface area contributed by atoms with E-state index in [1.165, 1.54) is 16.2 Å². The van der Waals surface area contributed by atoms with Gasteiger partial charge in [0.1, 0.15) is 11.1 Å². The molecule has 0 saturated heterocycles. The normalized spacial score (nSPS) is 19.5. The largest absolute Gasteiger partial charge is 0.317 e. The maximum Gasteiger partial charge on any atom is 0.245 e. The van der Waals surface area contributed by atoms with E-state index in [2.05, 4.69) is 11.4 Å². The topological polar surface area (TPSA) is 78.9 Å². The van der Waals surface area contributed by atoms with Gasteiger partial charge in [0.25, 0.3) is 0 Å². The van der Waals surface area contributed by atoms with Crippen LogP contribution < -0.4 is 11.1 Å². The molecule has 0 aromatic carbocycles. The first kappa shape index (κ1) is 10.8. The molecule has 0 aliphatic heterocycles. The Bertz CT molecular complexity index is 537. The Balaban J connectivity index is 1.89. The van der Waals surface area contributed by atoms with E-state index in [1.807, 2.05) is 0 Å². The lowest BCUT2D eigenvalue weighted by molar-refractivity contribution is -0.118. The van der Waals surface area contributed by atoms with Crippen molar-refractivity contribution < 1.29 is 4.79 Å². The number of nitriles is 1. The van der Waals surface area contributed by atoms with Crippen molar-refractivity contribution in [3.63, 3.8) is 0 Å². The van der Waals surface area contributed by atoms with Crippen LogP contribution in [0.25, 0.3) is 0 Å². The number of hydrogen-bond acceptors (Lipinski definition) is 4. The van der Waals surface area contributed by atoms with Gasteiger partial charge in [0.15, 0.2) is 0 Å². The van der Waals surface area contributed by atoms with Gasteiger partial charge in [0.05, 0.1) is 11.1 Å². The van der Waals surface area contributed by atoms with Crippen LogP contribution >= 0.6 is 11.3 Å². The number of thiophene rings is 1. The molecule has 0 bridgehead atoms. The molecule has 3 rings (SSSR count). The number of anilines is 1. The molecule has 3 N–H and O–H groups in total. The van der Waals surface area contributed by atoms with Crippen molar-refractivity contribution in [1.29, 1.82) is 5.26 Å². The molecule has 1 saturated carbocycles. The fourth-order valence-corrected chi connectivity index (χ4v) is 3.43. The molecular formula is C12H13N3OS. The second kappa shape index (κ2) is 3.56. The number of rotatable bonds is 2. The molecular weight excluding hydrogens is 234 g/mol. The van der Waals surface area contributed by atoms with E-state index in [9.17, 15) is 10.1 Å². The van der Waals surface area contributed by atoms with Crippen LogP contribution in [-0.2, 0) is 17.6 Å². The Morgan fingerprint density at radius 1 is 1.47 bits per heavy atom. The molecule has 17 heavy (non-hydrogen) atoms. The standard InChI is InChI=1S/C12H13N3OS/c13-6-8-7-2-1-3-9(7)17-10(8)15-11(16)12(14)4-5-12/h1-5,14H2,(H,15,16). The van der Waals surface area contributed by atoms with E-state index in [4.69, 9.17) is 5.73 Å². The number of nitrogens with one attached hydrogen (secondary N) is 1. The first-order chi connectivity index (χ1) is 8.14. The molecule has 0 spiro atoms. The van der Waals surface area contributed by atoms with E-state index in [1.54, 1.807) is 0 Å². The minimum Gasteiger partial charge on any atom is -0.317 e. The van der Waals surface area contributed by atoms with Crippen molar-refractivity contribution in [3.8, 4) is 6.07 Å². The second-order valence-electron chi connectivity index (χ2n) is 4.78. The summed E-state index contributed by atoms with van der Waals surface area (Å²) in [5.41, 5.74) is 6.94. The molecule has 88 valence electrons. The summed E-state index contributed by atoms with van der Waals surface area (Å²) in [6.45, 7) is 0. The quantitative estimate of drug-likeness (QED) is 0.832. The molecule has 0 radical (unpaired) electrons. The van der Waals surface area contributed by atoms with Gasteiger partial charge < -0.3 is 11.1 Å². The number of nitrogens with zero attached hydrogens (tertiary/aromatic N) is 1. The number of amides is 1. The van der Waals surface area contributed by atoms with E-state index in [0.29, 0.717) is 10.6 Å². The van der Waals surface area contributed by atoms with E-state index in [0.717, 1.165) is 37.7 Å². The average molecular weight is 247 g/mol. The predicted octanol–water partition coefficient (Wildman–Crippen LogP) is 1.54. The van der Waals surface area contributed by atoms with Crippen molar-refractivity contribution in [2.24, 2.45) is 5.73 Å². The highest BCUT2D eigenvalue weighted by Crippen LogP contribution is 2.40. The van der Waals surface area contributed by atoms with Crippen LogP contribution in [0.4, 0.5) is 5.00 Å². The minimum absolute atomic E-state index is 0.145. The zero-order valence-electron chi connectivity index (χ0n) is 9.38. The summed E-state index contributed by atoms with van der Waals surface area (Å²) >= 11 is 1.54. The molecule has 1 fully saturated rings. The van der Waals surface area contributed by atoms with Crippen LogP contribution in [0.1, 0.15) is 35.3 Å². The van der Waals surface area contributed by atoms with Crippen LogP contribution in [0.3, 0.4) is 0 Å². The third-order valence-electron chi connectivity index (χ3n) is 3.50. The fourth-order valence-electron chi connectivity index (χ4n) is 2.20. The number of fused-ring (bicyclic) bond motifs is 1. The highest BCUT2D eigenvalue weighted by Gasteiger charge is 2.46. The summed E-state index contributed by atoms with van der Waals surface area (Å²) in [4.78, 5) is 13.1. The Hall–Kier alpha value is -1.38. The summed E-state index contributed by atoms with van der Waals surface area (Å²) in [6.07, 6.45) is 4.58. The maximum atomic E-state index is 11.9. The summed E-state index contributed by atoms with van der Waals surface area (Å²) in [6, 6.07) is 2.21. The van der Waals surface area contributed by atoms with Gasteiger partial charge in [-0.15, -0.1) is 11.3 Å². The lowest BCUT2D eigenvalue weighted by Crippen LogP contribution is -2.37. The molecule has 0 atom stereocenters. The smallest absolute Gasteiger partial charge is 0.245 e. The van der Waals surface area contributed by atoms with E-state index < -0.39 is 5.54 Å². The van der Waals surface area contributed by atoms with E-state index in [-0.39, 0.29) is 5.91 Å². The molecule has 1 amide bonds. The van der Waals surface area contributed by atoms with Crippen molar-refractivity contribution in [2.75, 3.05) is 5.32 Å². The molecule has 1 aromatic heterocycles. The number of aryl methyl sites for hydroxylation is 1. The number of carbonyl (C=O) groups excluding carboxylic acids is 1. The Labute approximate surface area is 103 Å². The zero-order valence-corrected chi connectivity index (χ0v) is 10.2. The predicted molar refractivity (Wildman–Crippen MR) is 65.8 cm³/mol. The fraction of sp³-hybridized carbons (Fsp3) is 0.500. The van der Waals surface area contributed by atoms with Crippen molar-refractivity contribution >= 4 is 22.2 Å². The highest BCUT2D eigenvalue weighted by atomic mass is 32.1. The minimum atomic E-state index is -0.679. The van der Waals surface area contributed by atoms with Crippen LogP contribution in [0.5, 0.6) is 0 Å². The molecule has 2 aliphatic rings. The Morgan fingerprint density at radius 2 is 2.24 bits per heavy atom. The monoisotopic (exact) mass is 247 g/mol. The Morgan fingerprint density at radius 3 is 2.88 bits per heavy atom. The number of carbonyl (C=O) groups is 1. The van der Waals surface area contributed by atoms with Gasteiger partial charge in [-0.2, -0.15) is 5.26 Å². The third-order valence-corrected chi connectivity index (χ3v) is 4.71. The van der Waals surface area contributed by atoms with Crippen LogP contribution in [-0.4, -0.2) is 11.4 Å². The third kappa shape index (κ3) is 1.65. The van der Waals surface area contributed by atoms with Crippen molar-refractivity contribution in [2.45, 2.75) is 37.6 Å². The van der Waals surface area contributed by atoms with Gasteiger partial charge in [0, 0.05) is 4.88 Å². The molecule has 2 aliphatic carbocycles. The van der Waals surface area contributed by atoms with Crippen molar-refractivity contribution in [3.05, 3.63) is 16.0 Å². The zero-order chi connectivity index (χ0) is 12.0. The van der Waals surface area contributed by atoms with Gasteiger partial charge in [-0.1, -0.05) is 0 Å². The number of nitrogens with two attached hydrogens (primary N) is 1. The molecule has 4 nitrogen and oxygen atoms in total. The lowest BCUT2D eigenvalue weighted by atomic mass is 10.1. The summed E-state index contributed by atoms with van der Waals surface area (Å²) in [5.74, 6) is -0.145. The van der Waals surface area contributed by atoms with Gasteiger partial charge in [0.2, 0.25) is 5.91 Å². The summed E-state index contributed by atoms with van der Waals surface area (Å²) in [7, 11) is 0. The van der Waals surface area contributed by atoms with Gasteiger partial charge in [-0.05, 0) is 37.7 Å². The first-order valence-corrected chi connectivity index (χ1v) is 6.61. The van der Waals surface area contributed by atoms with E-state index >= 15 is 0 Å². The summed E-state index contributed by atoms with van der Waals surface area (Å²) in [5, 5.41) is 12.7. The lowest BCUT2D eigenvalue weighted by Gasteiger charge is -2.08. The number of hydrogen-bond donors (Lipinski definition) is 2. The molecule has 5 heteroatoms. The van der Waals surface area contributed by atoms with Crippen LogP contribution in [0, 0.1) is 11.3 Å².